The first-order valence-corrected chi connectivity index (χ1v) is 11.3. The molecular weight excluding hydrogens is 372 g/mol. The predicted octanol–water partition coefficient (Wildman–Crippen LogP) is 4.37. The van der Waals surface area contributed by atoms with Crippen LogP contribution in [0.5, 0.6) is 0 Å². The normalized spacial score (nSPS) is 14.7. The predicted molar refractivity (Wildman–Crippen MR) is 123 cm³/mol. The second-order valence-corrected chi connectivity index (χ2v) is 8.97. The van der Waals surface area contributed by atoms with Gasteiger partial charge in [0.25, 0.3) is 0 Å². The molecular formula is C25H36N4O. The maximum Gasteiger partial charge on any atom is 0.225 e. The molecule has 1 aromatic heterocycles. The monoisotopic (exact) mass is 408 g/mol. The smallest absolute Gasteiger partial charge is 0.225 e. The van der Waals surface area contributed by atoms with E-state index in [0.29, 0.717) is 0 Å². The van der Waals surface area contributed by atoms with Crippen LogP contribution >= 0.6 is 0 Å². The van der Waals surface area contributed by atoms with Crippen molar-refractivity contribution in [2.75, 3.05) is 31.1 Å². The maximum absolute atomic E-state index is 12.4. The van der Waals surface area contributed by atoms with Crippen molar-refractivity contribution in [1.29, 1.82) is 0 Å². The highest BCUT2D eigenvalue weighted by molar-refractivity contribution is 5.78. The number of aryl methyl sites for hydroxylation is 2. The average molecular weight is 409 g/mol. The summed E-state index contributed by atoms with van der Waals surface area (Å²) in [5.74, 6) is 2.55. The number of amides is 1. The summed E-state index contributed by atoms with van der Waals surface area (Å²) in [6, 6.07) is 8.69. The van der Waals surface area contributed by atoms with Crippen molar-refractivity contribution in [3.8, 4) is 0 Å². The van der Waals surface area contributed by atoms with Gasteiger partial charge in [-0.05, 0) is 18.9 Å². The Morgan fingerprint density at radius 3 is 2.33 bits per heavy atom. The minimum Gasteiger partial charge on any atom is -0.353 e. The number of carbonyl (C=O) groups is 1. The topological polar surface area (TPSA) is 49.3 Å². The van der Waals surface area contributed by atoms with Crippen LogP contribution < -0.4 is 4.90 Å². The van der Waals surface area contributed by atoms with Gasteiger partial charge in [-0.2, -0.15) is 0 Å². The van der Waals surface area contributed by atoms with Crippen molar-refractivity contribution in [1.82, 2.24) is 14.9 Å². The largest absolute Gasteiger partial charge is 0.353 e. The van der Waals surface area contributed by atoms with Crippen LogP contribution in [0.3, 0.4) is 0 Å². The Labute approximate surface area is 181 Å². The summed E-state index contributed by atoms with van der Waals surface area (Å²) in [5, 5.41) is 0. The summed E-state index contributed by atoms with van der Waals surface area (Å²) < 4.78 is 0. The lowest BCUT2D eigenvalue weighted by molar-refractivity contribution is -0.134. The molecule has 162 valence electrons. The molecule has 0 bridgehead atoms. The van der Waals surface area contributed by atoms with Crippen LogP contribution in [-0.4, -0.2) is 47.0 Å². The Morgan fingerprint density at radius 1 is 1.07 bits per heavy atom. The average Bonchev–Trinajstić information content (AvgIpc) is 2.73. The van der Waals surface area contributed by atoms with Crippen LogP contribution in [-0.2, 0) is 17.6 Å². The first-order chi connectivity index (χ1) is 14.3. The zero-order chi connectivity index (χ0) is 21.8. The highest BCUT2D eigenvalue weighted by atomic mass is 16.2. The van der Waals surface area contributed by atoms with Crippen LogP contribution in [0.1, 0.15) is 68.7 Å². The van der Waals surface area contributed by atoms with E-state index < -0.39 is 0 Å². The lowest BCUT2D eigenvalue weighted by Gasteiger charge is -2.37. The summed E-state index contributed by atoms with van der Waals surface area (Å²) in [6.07, 6.45) is 1.73. The van der Waals surface area contributed by atoms with Crippen LogP contribution in [0, 0.1) is 12.8 Å². The lowest BCUT2D eigenvalue weighted by Crippen LogP contribution is -2.50. The Bertz CT molecular complexity index is 883. The maximum atomic E-state index is 12.4. The van der Waals surface area contributed by atoms with Crippen molar-refractivity contribution in [2.24, 2.45) is 5.92 Å². The zero-order valence-electron chi connectivity index (χ0n) is 19.4. The van der Waals surface area contributed by atoms with Crippen molar-refractivity contribution in [3.63, 3.8) is 0 Å². The van der Waals surface area contributed by atoms with Crippen LogP contribution in [0.25, 0.3) is 0 Å². The van der Waals surface area contributed by atoms with E-state index in [1.54, 1.807) is 0 Å². The fourth-order valence-corrected chi connectivity index (χ4v) is 4.06. The van der Waals surface area contributed by atoms with Crippen molar-refractivity contribution in [3.05, 3.63) is 52.5 Å². The number of piperazine rings is 1. The minimum absolute atomic E-state index is 0.0479. The Kier molecular flexibility index (Phi) is 7.11. The number of carbonyl (C=O) groups excluding carboxylic acids is 1. The molecule has 0 atom stereocenters. The second-order valence-electron chi connectivity index (χ2n) is 8.97. The van der Waals surface area contributed by atoms with E-state index >= 15 is 0 Å². The third kappa shape index (κ3) is 5.00. The number of anilines is 1. The molecule has 1 fully saturated rings. The molecule has 5 nitrogen and oxygen atoms in total. The highest BCUT2D eigenvalue weighted by Gasteiger charge is 2.26. The van der Waals surface area contributed by atoms with Gasteiger partial charge in [0.2, 0.25) is 5.91 Å². The summed E-state index contributed by atoms with van der Waals surface area (Å²) in [6.45, 7) is 15.7. The minimum atomic E-state index is 0.0479. The quantitative estimate of drug-likeness (QED) is 0.712. The Morgan fingerprint density at radius 2 is 1.77 bits per heavy atom. The fraction of sp³-hybridized carbons (Fsp3) is 0.560. The third-order valence-corrected chi connectivity index (χ3v) is 5.79. The first-order valence-electron chi connectivity index (χ1n) is 11.3. The summed E-state index contributed by atoms with van der Waals surface area (Å²) in [7, 11) is 0. The van der Waals surface area contributed by atoms with Gasteiger partial charge in [-0.15, -0.1) is 0 Å². The van der Waals surface area contributed by atoms with Gasteiger partial charge in [0, 0.05) is 55.7 Å². The van der Waals surface area contributed by atoms with Gasteiger partial charge in [-0.1, -0.05) is 64.4 Å². The Hall–Kier alpha value is -2.43. The molecule has 2 aromatic rings. The molecule has 0 unspecified atom stereocenters. The molecule has 1 aliphatic rings. The molecule has 0 aliphatic carbocycles. The molecule has 3 rings (SSSR count). The van der Waals surface area contributed by atoms with Crippen molar-refractivity contribution < 1.29 is 4.79 Å². The van der Waals surface area contributed by atoms with E-state index in [9.17, 15) is 4.79 Å². The van der Waals surface area contributed by atoms with E-state index in [4.69, 9.17) is 9.97 Å². The summed E-state index contributed by atoms with van der Waals surface area (Å²) >= 11 is 0. The van der Waals surface area contributed by atoms with Crippen molar-refractivity contribution >= 4 is 11.7 Å². The van der Waals surface area contributed by atoms with E-state index in [1.165, 1.54) is 16.7 Å². The van der Waals surface area contributed by atoms with E-state index in [1.807, 2.05) is 18.7 Å². The molecule has 30 heavy (non-hydrogen) atoms. The molecule has 1 aromatic carbocycles. The number of rotatable bonds is 6. The number of hydrogen-bond acceptors (Lipinski definition) is 4. The van der Waals surface area contributed by atoms with Gasteiger partial charge in [0.05, 0.1) is 0 Å². The fourth-order valence-electron chi connectivity index (χ4n) is 4.06. The number of hydrogen-bond donors (Lipinski definition) is 0. The molecule has 1 amide bonds. The molecule has 0 spiro atoms. The van der Waals surface area contributed by atoms with Crippen LogP contribution in [0.4, 0.5) is 5.82 Å². The van der Waals surface area contributed by atoms with Crippen LogP contribution in [0.2, 0.25) is 0 Å². The number of nitrogens with zero attached hydrogens (tertiary/aromatic N) is 4. The summed E-state index contributed by atoms with van der Waals surface area (Å²) in [5.41, 5.74) is 4.94. The van der Waals surface area contributed by atoms with Gasteiger partial charge in [-0.25, -0.2) is 9.97 Å². The molecule has 0 radical (unpaired) electrons. The van der Waals surface area contributed by atoms with Crippen molar-refractivity contribution in [2.45, 2.75) is 60.3 Å². The van der Waals surface area contributed by atoms with Gasteiger partial charge < -0.3 is 9.80 Å². The van der Waals surface area contributed by atoms with E-state index in [0.717, 1.165) is 56.4 Å². The van der Waals surface area contributed by atoms with Gasteiger partial charge >= 0.3 is 0 Å². The molecule has 0 saturated carbocycles. The number of aromatic nitrogens is 2. The highest BCUT2D eigenvalue weighted by Crippen LogP contribution is 2.28. The molecule has 1 aliphatic heterocycles. The Balaban J connectivity index is 1.95. The summed E-state index contributed by atoms with van der Waals surface area (Å²) in [4.78, 5) is 26.7. The van der Waals surface area contributed by atoms with Gasteiger partial charge in [0.15, 0.2) is 0 Å². The standard InChI is InChI=1S/C25H36N4O/c1-7-22-21(16-20-10-8-9-19(6)15-20)24(27-23(26-22)17(2)3)28-11-13-29(14-12-28)25(30)18(4)5/h8-10,15,17-18H,7,11-14,16H2,1-6H3. The molecule has 5 heteroatoms. The molecule has 1 saturated heterocycles. The third-order valence-electron chi connectivity index (χ3n) is 5.79. The van der Waals surface area contributed by atoms with Crippen LogP contribution in [0.15, 0.2) is 24.3 Å². The molecule has 0 N–H and O–H groups in total. The SMILES string of the molecule is CCc1nc(C(C)C)nc(N2CCN(C(=O)C(C)C)CC2)c1Cc1cccc(C)c1. The van der Waals surface area contributed by atoms with E-state index in [-0.39, 0.29) is 17.7 Å². The van der Waals surface area contributed by atoms with Gasteiger partial charge in [0.1, 0.15) is 11.6 Å². The lowest BCUT2D eigenvalue weighted by atomic mass is 10.00. The van der Waals surface area contributed by atoms with Gasteiger partial charge in [-0.3, -0.25) is 4.79 Å². The molecule has 2 heterocycles. The second kappa shape index (κ2) is 9.59. The van der Waals surface area contributed by atoms with E-state index in [2.05, 4.69) is 56.9 Å². The zero-order valence-corrected chi connectivity index (χ0v) is 19.4. The number of benzene rings is 1. The first kappa shape index (κ1) is 22.3.